The Kier molecular flexibility index (Phi) is 13.8. The van der Waals surface area contributed by atoms with Crippen molar-refractivity contribution in [2.75, 3.05) is 13.2 Å². The van der Waals surface area contributed by atoms with E-state index in [1.165, 1.54) is 13.0 Å². The molecule has 2 bridgehead atoms. The van der Waals surface area contributed by atoms with Crippen LogP contribution in [-0.4, -0.2) is 104 Å². The van der Waals surface area contributed by atoms with Gasteiger partial charge in [-0.05, 0) is 55.3 Å². The molecule has 1 saturated heterocycles. The number of rotatable bonds is 15. The molecule has 3 fully saturated rings. The third-order valence-corrected chi connectivity index (χ3v) is 19.0. The lowest BCUT2D eigenvalue weighted by atomic mass is 9.44. The highest BCUT2D eigenvalue weighted by Gasteiger charge is 2.79. The van der Waals surface area contributed by atoms with Gasteiger partial charge in [-0.3, -0.25) is 19.2 Å². The van der Waals surface area contributed by atoms with E-state index in [0.29, 0.717) is 18.1 Å². The highest BCUT2D eigenvalue weighted by Crippen LogP contribution is 2.65. The molecule has 0 spiro atoms. The van der Waals surface area contributed by atoms with E-state index in [4.69, 9.17) is 32.8 Å². The summed E-state index contributed by atoms with van der Waals surface area (Å²) in [6.07, 6.45) is -7.65. The van der Waals surface area contributed by atoms with Crippen molar-refractivity contribution in [1.29, 1.82) is 0 Å². The number of benzene rings is 2. The van der Waals surface area contributed by atoms with Crippen LogP contribution in [0.4, 0.5) is 4.79 Å². The van der Waals surface area contributed by atoms with Crippen LogP contribution in [0.15, 0.2) is 84.5 Å². The molecule has 1 heterocycles. The summed E-state index contributed by atoms with van der Waals surface area (Å²) < 4.78 is 43.9. The predicted molar refractivity (Wildman–Crippen MR) is 231 cm³/mol. The minimum atomic E-state index is -2.63. The summed E-state index contributed by atoms with van der Waals surface area (Å²) in [5, 5.41) is 13.9. The van der Waals surface area contributed by atoms with Gasteiger partial charge in [0.15, 0.2) is 31.6 Å². The van der Waals surface area contributed by atoms with E-state index in [1.54, 1.807) is 88.4 Å². The van der Waals surface area contributed by atoms with E-state index in [-0.39, 0.29) is 41.9 Å². The van der Waals surface area contributed by atoms with Crippen molar-refractivity contribution in [2.24, 2.45) is 16.7 Å². The second-order valence-electron chi connectivity index (χ2n) is 17.9. The van der Waals surface area contributed by atoms with Gasteiger partial charge in [-0.2, -0.15) is 0 Å². The lowest BCUT2D eigenvalue weighted by Gasteiger charge is -2.68. The van der Waals surface area contributed by atoms with Gasteiger partial charge >= 0.3 is 24.1 Å². The van der Waals surface area contributed by atoms with Crippen LogP contribution in [0.5, 0.6) is 0 Å². The van der Waals surface area contributed by atoms with Crippen molar-refractivity contribution in [1.82, 2.24) is 0 Å². The fourth-order valence-electron chi connectivity index (χ4n) is 10.6. The van der Waals surface area contributed by atoms with E-state index in [1.807, 2.05) is 20.8 Å². The van der Waals surface area contributed by atoms with Gasteiger partial charge in [0.1, 0.15) is 36.9 Å². The van der Waals surface area contributed by atoms with E-state index in [2.05, 4.69) is 6.58 Å². The molecular formula is C48H60O14Si. The molecule has 0 unspecified atom stereocenters. The molecule has 2 saturated carbocycles. The number of carbonyl (C=O) groups is 6. The maximum absolute atomic E-state index is 16.3. The quantitative estimate of drug-likeness (QED) is 0.0469. The van der Waals surface area contributed by atoms with Gasteiger partial charge in [0, 0.05) is 30.7 Å². The van der Waals surface area contributed by atoms with Crippen LogP contribution < -0.4 is 0 Å². The second kappa shape index (κ2) is 18.3. The van der Waals surface area contributed by atoms with Crippen LogP contribution in [0, 0.1) is 16.7 Å². The Morgan fingerprint density at radius 1 is 0.905 bits per heavy atom. The van der Waals surface area contributed by atoms with Gasteiger partial charge in [0.2, 0.25) is 0 Å². The lowest BCUT2D eigenvalue weighted by Crippen LogP contribution is -2.82. The molecular weight excluding hydrogens is 829 g/mol. The first kappa shape index (κ1) is 47.5. The zero-order valence-corrected chi connectivity index (χ0v) is 38.4. The first-order valence-corrected chi connectivity index (χ1v) is 24.3. The Balaban J connectivity index is 1.64. The number of carbonyl (C=O) groups excluding carboxylic acids is 6. The zero-order chi connectivity index (χ0) is 46.1. The molecule has 1 aliphatic heterocycles. The van der Waals surface area contributed by atoms with Crippen molar-refractivity contribution >= 4 is 43.9 Å². The molecule has 63 heavy (non-hydrogen) atoms. The predicted octanol–water partition coefficient (Wildman–Crippen LogP) is 7.28. The van der Waals surface area contributed by atoms with Crippen LogP contribution in [0.25, 0.3) is 0 Å². The summed E-state index contributed by atoms with van der Waals surface area (Å²) >= 11 is 0. The topological polar surface area (TPSA) is 187 Å². The number of esters is 3. The van der Waals surface area contributed by atoms with Gasteiger partial charge in [-0.1, -0.05) is 95.8 Å². The largest absolute Gasteiger partial charge is 0.509 e. The maximum Gasteiger partial charge on any atom is 0.509 e. The summed E-state index contributed by atoms with van der Waals surface area (Å²) in [5.41, 5.74) is -6.72. The monoisotopic (exact) mass is 888 g/mol. The summed E-state index contributed by atoms with van der Waals surface area (Å²) in [4.78, 5) is 84.8. The van der Waals surface area contributed by atoms with E-state index >= 15 is 4.79 Å². The Morgan fingerprint density at radius 2 is 1.51 bits per heavy atom. The standard InChI is InChI=1S/C48H60O14Si/c1-10-24-56-44(54)59-39-38-29(5)34(58-37(51)25-33(50)31-20-16-14-17-21-31)27-48(55,45(38,7)8)42(60-43(53)32-22-18-15-19-23-32)40-46(9,41(39)52)35(62-63(11-2,12-3)13-4)26-36-47(40,28-57-36)61-30(6)49/h10,14-23,34-36,39-40,42,55H,1,11-13,24-28H2,2-9H3/t34-,35-,36+,39+,40-,42-,46+,47-,48+/m0/s1. The fraction of sp³-hybridized carbons (Fsp3) is 0.542. The van der Waals surface area contributed by atoms with Crippen LogP contribution >= 0.6 is 0 Å². The molecule has 6 rings (SSSR count). The van der Waals surface area contributed by atoms with Crippen molar-refractivity contribution in [3.63, 3.8) is 0 Å². The number of ether oxygens (including phenoxy) is 6. The molecule has 0 amide bonds. The zero-order valence-electron chi connectivity index (χ0n) is 37.4. The average Bonchev–Trinajstić information content (AvgIpc) is 3.25. The Labute approximate surface area is 369 Å². The van der Waals surface area contributed by atoms with Crippen LogP contribution in [0.3, 0.4) is 0 Å². The molecule has 9 atom stereocenters. The number of fused-ring (bicyclic) bond motifs is 5. The Morgan fingerprint density at radius 3 is 2.05 bits per heavy atom. The smallest absolute Gasteiger partial charge is 0.457 e. The van der Waals surface area contributed by atoms with Crippen molar-refractivity contribution < 1.29 is 66.7 Å². The minimum absolute atomic E-state index is 0.0710. The molecule has 2 aromatic rings. The van der Waals surface area contributed by atoms with Crippen LogP contribution in [0.1, 0.15) is 95.4 Å². The maximum atomic E-state index is 16.3. The highest BCUT2D eigenvalue weighted by molar-refractivity contribution is 6.73. The van der Waals surface area contributed by atoms with Crippen LogP contribution in [-0.2, 0) is 47.2 Å². The Bertz CT molecular complexity index is 2120. The van der Waals surface area contributed by atoms with Crippen molar-refractivity contribution in [3.8, 4) is 0 Å². The Hall–Kier alpha value is -4.96. The number of ketones is 2. The second-order valence-corrected chi connectivity index (χ2v) is 22.6. The summed E-state index contributed by atoms with van der Waals surface area (Å²) in [5.74, 6) is -5.13. The van der Waals surface area contributed by atoms with Gasteiger partial charge in [0.05, 0.1) is 29.6 Å². The third-order valence-electron chi connectivity index (χ3n) is 14.4. The highest BCUT2D eigenvalue weighted by atomic mass is 28.4. The molecule has 3 aliphatic carbocycles. The molecule has 14 nitrogen and oxygen atoms in total. The average molecular weight is 889 g/mol. The van der Waals surface area contributed by atoms with Gasteiger partial charge in [-0.15, -0.1) is 0 Å². The fourth-order valence-corrected chi connectivity index (χ4v) is 13.6. The molecule has 0 radical (unpaired) electrons. The molecule has 340 valence electrons. The van der Waals surface area contributed by atoms with E-state index in [9.17, 15) is 29.1 Å². The first-order valence-electron chi connectivity index (χ1n) is 21.7. The first-order chi connectivity index (χ1) is 29.8. The number of Topliss-reactive ketones (excluding diaryl/α,β-unsaturated/α-hetero) is 2. The van der Waals surface area contributed by atoms with Gasteiger partial charge in [-0.25, -0.2) is 9.59 Å². The molecule has 15 heteroatoms. The SMILES string of the molecule is C=CCOC(=O)O[C@H]1C(=O)[C@]2(C)[C@@H](O[Si](CC)(CC)CC)C[C@H]3OC[C@@]3(OC(C)=O)[C@H]2[C@H](OC(=O)c2ccccc2)[C@]2(O)C[C@H](OC(=O)CC(=O)c3ccccc3)C(C)=C1C2(C)C. The molecule has 4 aliphatic rings. The number of hydrogen-bond acceptors (Lipinski definition) is 14. The summed E-state index contributed by atoms with van der Waals surface area (Å²) in [7, 11) is -2.63. The van der Waals surface area contributed by atoms with Crippen molar-refractivity contribution in [3.05, 3.63) is 95.6 Å². The van der Waals surface area contributed by atoms with E-state index in [0.717, 1.165) is 0 Å². The normalized spacial score (nSPS) is 30.8. The summed E-state index contributed by atoms with van der Waals surface area (Å²) in [6, 6.07) is 18.4. The number of aliphatic hydroxyl groups is 1. The minimum Gasteiger partial charge on any atom is -0.457 e. The summed E-state index contributed by atoms with van der Waals surface area (Å²) in [6.45, 7) is 16.9. The molecule has 1 N–H and O–H groups in total. The molecule has 0 aromatic heterocycles. The lowest BCUT2D eigenvalue weighted by molar-refractivity contribution is -0.344. The molecule has 2 aromatic carbocycles. The third kappa shape index (κ3) is 8.33. The number of hydrogen-bond donors (Lipinski definition) is 1. The van der Waals surface area contributed by atoms with Gasteiger partial charge in [0.25, 0.3) is 0 Å². The van der Waals surface area contributed by atoms with Crippen LogP contribution in [0.2, 0.25) is 18.1 Å². The van der Waals surface area contributed by atoms with Crippen molar-refractivity contribution in [2.45, 2.75) is 135 Å². The van der Waals surface area contributed by atoms with Gasteiger partial charge < -0.3 is 38.0 Å². The van der Waals surface area contributed by atoms with E-state index < -0.39 is 115 Å².